The van der Waals surface area contributed by atoms with E-state index in [4.69, 9.17) is 5.73 Å². The highest BCUT2D eigenvalue weighted by atomic mass is 19.1. The molecular formula is C15H22FN3O. The molecule has 2 rings (SSSR count). The molecule has 1 aromatic carbocycles. The van der Waals surface area contributed by atoms with E-state index in [0.29, 0.717) is 6.54 Å². The van der Waals surface area contributed by atoms with Crippen LogP contribution >= 0.6 is 0 Å². The van der Waals surface area contributed by atoms with Crippen molar-refractivity contribution in [3.05, 3.63) is 35.6 Å². The number of rotatable bonds is 4. The van der Waals surface area contributed by atoms with Crippen LogP contribution in [0.5, 0.6) is 0 Å². The first-order chi connectivity index (χ1) is 9.54. The highest BCUT2D eigenvalue weighted by Gasteiger charge is 2.19. The normalized spacial score (nSPS) is 21.4. The second-order valence-electron chi connectivity index (χ2n) is 5.48. The van der Waals surface area contributed by atoms with Crippen LogP contribution in [0.15, 0.2) is 24.3 Å². The number of halogens is 1. The van der Waals surface area contributed by atoms with Crippen molar-refractivity contribution >= 4 is 5.91 Å². The van der Waals surface area contributed by atoms with Crippen molar-refractivity contribution in [1.29, 1.82) is 0 Å². The lowest BCUT2D eigenvalue weighted by Crippen LogP contribution is -2.47. The Labute approximate surface area is 119 Å². The average molecular weight is 279 g/mol. The minimum Gasteiger partial charge on any atom is -0.348 e. The number of benzene rings is 1. The van der Waals surface area contributed by atoms with Gasteiger partial charge in [-0.3, -0.25) is 9.69 Å². The highest BCUT2D eigenvalue weighted by Crippen LogP contribution is 2.13. The van der Waals surface area contributed by atoms with Gasteiger partial charge in [0.15, 0.2) is 0 Å². The van der Waals surface area contributed by atoms with E-state index in [2.05, 4.69) is 10.2 Å². The third-order valence-electron chi connectivity index (χ3n) is 3.66. The van der Waals surface area contributed by atoms with Gasteiger partial charge in [0.05, 0.1) is 12.6 Å². The van der Waals surface area contributed by atoms with E-state index in [9.17, 15) is 9.18 Å². The Hall–Kier alpha value is -1.46. The molecule has 0 spiro atoms. The molecule has 2 atom stereocenters. The third-order valence-corrected chi connectivity index (χ3v) is 3.66. The molecule has 0 aromatic heterocycles. The first-order valence-electron chi connectivity index (χ1n) is 7.07. The minimum atomic E-state index is -0.269. The number of nitrogens with two attached hydrogens (primary N) is 1. The molecule has 1 fully saturated rings. The van der Waals surface area contributed by atoms with Crippen molar-refractivity contribution in [2.75, 3.05) is 19.6 Å². The predicted molar refractivity (Wildman–Crippen MR) is 76.6 cm³/mol. The van der Waals surface area contributed by atoms with E-state index in [0.717, 1.165) is 31.5 Å². The molecule has 2 unspecified atom stereocenters. The van der Waals surface area contributed by atoms with Crippen molar-refractivity contribution < 1.29 is 9.18 Å². The second-order valence-corrected chi connectivity index (χ2v) is 5.48. The number of carbonyl (C=O) groups excluding carboxylic acids is 1. The Morgan fingerprint density at radius 3 is 2.85 bits per heavy atom. The van der Waals surface area contributed by atoms with E-state index < -0.39 is 0 Å². The lowest BCUT2D eigenvalue weighted by molar-refractivity contribution is -0.123. The van der Waals surface area contributed by atoms with Crippen molar-refractivity contribution in [2.45, 2.75) is 31.8 Å². The monoisotopic (exact) mass is 279 g/mol. The lowest BCUT2D eigenvalue weighted by atomic mass is 10.1. The molecular weight excluding hydrogens is 257 g/mol. The van der Waals surface area contributed by atoms with Gasteiger partial charge < -0.3 is 11.1 Å². The van der Waals surface area contributed by atoms with Crippen molar-refractivity contribution in [3.63, 3.8) is 0 Å². The lowest BCUT2D eigenvalue weighted by Gasteiger charge is -2.30. The maximum absolute atomic E-state index is 12.9. The number of carbonyl (C=O) groups is 1. The number of hydrogen-bond donors (Lipinski definition) is 2. The Morgan fingerprint density at radius 1 is 1.50 bits per heavy atom. The summed E-state index contributed by atoms with van der Waals surface area (Å²) in [7, 11) is 0. The summed E-state index contributed by atoms with van der Waals surface area (Å²) in [6, 6.07) is 6.24. The molecule has 110 valence electrons. The van der Waals surface area contributed by atoms with Crippen LogP contribution in [0.3, 0.4) is 0 Å². The number of nitrogens with zero attached hydrogens (tertiary/aromatic N) is 1. The fraction of sp³-hybridized carbons (Fsp3) is 0.533. The van der Waals surface area contributed by atoms with Crippen LogP contribution in [0.1, 0.15) is 31.4 Å². The molecule has 0 radical (unpaired) electrons. The molecule has 0 aliphatic carbocycles. The second kappa shape index (κ2) is 6.81. The molecule has 20 heavy (non-hydrogen) atoms. The molecule has 0 saturated carbocycles. The SMILES string of the molecule is CC(NC(=O)CN1CCCC(N)C1)c1ccc(F)cc1. The summed E-state index contributed by atoms with van der Waals surface area (Å²) in [5, 5.41) is 2.93. The summed E-state index contributed by atoms with van der Waals surface area (Å²) >= 11 is 0. The van der Waals surface area contributed by atoms with Crippen LogP contribution in [0.4, 0.5) is 4.39 Å². The predicted octanol–water partition coefficient (Wildman–Crippen LogP) is 1.43. The molecule has 1 saturated heterocycles. The largest absolute Gasteiger partial charge is 0.348 e. The van der Waals surface area contributed by atoms with E-state index in [1.807, 2.05) is 6.92 Å². The molecule has 1 amide bonds. The summed E-state index contributed by atoms with van der Waals surface area (Å²) in [6.45, 7) is 3.97. The summed E-state index contributed by atoms with van der Waals surface area (Å²) in [5.74, 6) is -0.287. The molecule has 0 bridgehead atoms. The van der Waals surface area contributed by atoms with Gasteiger partial charge in [-0.2, -0.15) is 0 Å². The van der Waals surface area contributed by atoms with Crippen LogP contribution in [0.25, 0.3) is 0 Å². The fourth-order valence-electron chi connectivity index (χ4n) is 2.56. The zero-order valence-electron chi connectivity index (χ0n) is 11.8. The van der Waals surface area contributed by atoms with Gasteiger partial charge in [-0.1, -0.05) is 12.1 Å². The summed E-state index contributed by atoms with van der Waals surface area (Å²) < 4.78 is 12.9. The number of likely N-dealkylation sites (tertiary alicyclic amines) is 1. The van der Waals surface area contributed by atoms with Crippen molar-refractivity contribution in [1.82, 2.24) is 10.2 Å². The topological polar surface area (TPSA) is 58.4 Å². The number of piperidine rings is 1. The van der Waals surface area contributed by atoms with E-state index >= 15 is 0 Å². The summed E-state index contributed by atoms with van der Waals surface area (Å²) in [6.07, 6.45) is 2.08. The Kier molecular flexibility index (Phi) is 5.09. The molecule has 5 heteroatoms. The number of hydrogen-bond acceptors (Lipinski definition) is 3. The fourth-order valence-corrected chi connectivity index (χ4v) is 2.56. The van der Waals surface area contributed by atoms with Crippen LogP contribution in [-0.2, 0) is 4.79 Å². The maximum atomic E-state index is 12.9. The standard InChI is InChI=1S/C15H22FN3O/c1-11(12-4-6-13(16)7-5-12)18-15(20)10-19-8-2-3-14(17)9-19/h4-7,11,14H,2-3,8-10,17H2,1H3,(H,18,20). The Bertz CT molecular complexity index is 449. The first-order valence-corrected chi connectivity index (χ1v) is 7.07. The summed E-state index contributed by atoms with van der Waals surface area (Å²) in [4.78, 5) is 14.1. The van der Waals surface area contributed by atoms with Gasteiger partial charge in [0, 0.05) is 12.6 Å². The van der Waals surface area contributed by atoms with Crippen molar-refractivity contribution in [2.24, 2.45) is 5.73 Å². The minimum absolute atomic E-state index is 0.0177. The maximum Gasteiger partial charge on any atom is 0.234 e. The van der Waals surface area contributed by atoms with Gasteiger partial charge in [-0.05, 0) is 44.0 Å². The Balaban J connectivity index is 1.83. The zero-order valence-corrected chi connectivity index (χ0v) is 11.8. The molecule has 3 N–H and O–H groups in total. The van der Waals surface area contributed by atoms with Gasteiger partial charge in [-0.15, -0.1) is 0 Å². The molecule has 4 nitrogen and oxygen atoms in total. The molecule has 1 aliphatic heterocycles. The van der Waals surface area contributed by atoms with Crippen LogP contribution in [0, 0.1) is 5.82 Å². The van der Waals surface area contributed by atoms with Crippen molar-refractivity contribution in [3.8, 4) is 0 Å². The van der Waals surface area contributed by atoms with E-state index in [1.165, 1.54) is 12.1 Å². The number of amides is 1. The van der Waals surface area contributed by atoms with Crippen LogP contribution in [0.2, 0.25) is 0 Å². The Morgan fingerprint density at radius 2 is 2.20 bits per heavy atom. The third kappa shape index (κ3) is 4.28. The summed E-state index contributed by atoms with van der Waals surface area (Å²) in [5.41, 5.74) is 6.80. The van der Waals surface area contributed by atoms with Gasteiger partial charge >= 0.3 is 0 Å². The van der Waals surface area contributed by atoms with Gasteiger partial charge in [0.2, 0.25) is 5.91 Å². The molecule has 1 heterocycles. The van der Waals surface area contributed by atoms with E-state index in [1.54, 1.807) is 12.1 Å². The molecule has 1 aliphatic rings. The molecule has 1 aromatic rings. The van der Waals surface area contributed by atoms with Gasteiger partial charge in [-0.25, -0.2) is 4.39 Å². The smallest absolute Gasteiger partial charge is 0.234 e. The van der Waals surface area contributed by atoms with Gasteiger partial charge in [0.25, 0.3) is 0 Å². The number of nitrogens with one attached hydrogen (secondary N) is 1. The quantitative estimate of drug-likeness (QED) is 0.876. The van der Waals surface area contributed by atoms with E-state index in [-0.39, 0.29) is 23.8 Å². The van der Waals surface area contributed by atoms with Crippen LogP contribution in [-0.4, -0.2) is 36.5 Å². The highest BCUT2D eigenvalue weighted by molar-refractivity contribution is 5.78. The van der Waals surface area contributed by atoms with Crippen LogP contribution < -0.4 is 11.1 Å². The zero-order chi connectivity index (χ0) is 14.5. The first kappa shape index (κ1) is 14.9. The van der Waals surface area contributed by atoms with Gasteiger partial charge in [0.1, 0.15) is 5.82 Å². The average Bonchev–Trinajstić information content (AvgIpc) is 2.39.